The summed E-state index contributed by atoms with van der Waals surface area (Å²) < 4.78 is 7.77. The molecule has 3 rings (SSSR count). The topological polar surface area (TPSA) is 56.2 Å². The minimum atomic E-state index is -0.116. The molecule has 0 saturated heterocycles. The number of amides is 1. The lowest BCUT2D eigenvalue weighted by Crippen LogP contribution is -2.14. The molecular formula is C21H25N3O2S. The maximum atomic E-state index is 12.6. The van der Waals surface area contributed by atoms with Crippen molar-refractivity contribution >= 4 is 23.1 Å². The maximum absolute atomic E-state index is 12.6. The fraction of sp³-hybridized carbons (Fsp3) is 0.333. The minimum Gasteiger partial charge on any atom is -0.489 e. The van der Waals surface area contributed by atoms with Crippen molar-refractivity contribution in [3.63, 3.8) is 0 Å². The van der Waals surface area contributed by atoms with E-state index in [1.807, 2.05) is 49.0 Å². The predicted octanol–water partition coefficient (Wildman–Crippen LogP) is 5.11. The van der Waals surface area contributed by atoms with Crippen molar-refractivity contribution in [2.24, 2.45) is 0 Å². The first kappa shape index (κ1) is 19.2. The molecular weight excluding hydrogens is 358 g/mol. The summed E-state index contributed by atoms with van der Waals surface area (Å²) in [5.41, 5.74) is 4.16. The summed E-state index contributed by atoms with van der Waals surface area (Å²) in [4.78, 5) is 13.2. The molecule has 0 aliphatic rings. The Kier molecular flexibility index (Phi) is 5.96. The number of carbonyl (C=O) groups is 1. The summed E-state index contributed by atoms with van der Waals surface area (Å²) in [6.45, 7) is 9.32. The second-order valence-corrected chi connectivity index (χ2v) is 7.64. The number of thiophene rings is 1. The third-order valence-corrected chi connectivity index (χ3v) is 5.17. The molecule has 0 bridgehead atoms. The molecule has 1 aromatic carbocycles. The van der Waals surface area contributed by atoms with Gasteiger partial charge in [0.15, 0.2) is 0 Å². The van der Waals surface area contributed by atoms with Crippen LogP contribution >= 0.6 is 11.3 Å². The highest BCUT2D eigenvalue weighted by Gasteiger charge is 2.13. The number of hydrogen-bond acceptors (Lipinski definition) is 4. The van der Waals surface area contributed by atoms with Crippen LogP contribution in [0.2, 0.25) is 0 Å². The second-order valence-electron chi connectivity index (χ2n) is 6.73. The molecule has 5 nitrogen and oxygen atoms in total. The number of ether oxygens (including phenoxy) is 1. The van der Waals surface area contributed by atoms with Crippen molar-refractivity contribution in [3.8, 4) is 5.75 Å². The molecule has 0 spiro atoms. The molecule has 0 fully saturated rings. The van der Waals surface area contributed by atoms with Gasteiger partial charge in [-0.1, -0.05) is 19.1 Å². The Morgan fingerprint density at radius 2 is 2.04 bits per heavy atom. The number of benzene rings is 1. The lowest BCUT2D eigenvalue weighted by Gasteiger charge is -2.09. The van der Waals surface area contributed by atoms with Crippen LogP contribution < -0.4 is 10.1 Å². The Hall–Kier alpha value is -2.60. The molecule has 2 heterocycles. The first-order valence-corrected chi connectivity index (χ1v) is 9.97. The van der Waals surface area contributed by atoms with Gasteiger partial charge in [0, 0.05) is 18.2 Å². The number of nitrogens with one attached hydrogen (secondary N) is 1. The number of nitrogens with zero attached hydrogens (tertiary/aromatic N) is 2. The van der Waals surface area contributed by atoms with Crippen LogP contribution in [-0.2, 0) is 13.2 Å². The first-order chi connectivity index (χ1) is 13.0. The fourth-order valence-electron chi connectivity index (χ4n) is 2.80. The van der Waals surface area contributed by atoms with E-state index in [1.165, 1.54) is 16.9 Å². The standard InChI is InChI=1S/C21H25N3O2S/c1-5-8-24-20(10-16(4)23-24)22-21(25)19-11-17(13-27-19)12-26-18-9-14(2)6-7-15(18)3/h6-7,9-11,13H,5,8,12H2,1-4H3,(H,22,25). The largest absolute Gasteiger partial charge is 0.489 e. The smallest absolute Gasteiger partial charge is 0.266 e. The van der Waals surface area contributed by atoms with Crippen molar-refractivity contribution in [1.29, 1.82) is 0 Å². The Bertz CT molecular complexity index is 943. The summed E-state index contributed by atoms with van der Waals surface area (Å²) >= 11 is 1.42. The summed E-state index contributed by atoms with van der Waals surface area (Å²) in [6.07, 6.45) is 0.961. The summed E-state index contributed by atoms with van der Waals surface area (Å²) in [5, 5.41) is 9.35. The molecule has 2 aromatic heterocycles. The molecule has 0 unspecified atom stereocenters. The van der Waals surface area contributed by atoms with E-state index < -0.39 is 0 Å². The van der Waals surface area contributed by atoms with Crippen LogP contribution in [0.5, 0.6) is 5.75 Å². The zero-order chi connectivity index (χ0) is 19.4. The second kappa shape index (κ2) is 8.39. The monoisotopic (exact) mass is 383 g/mol. The van der Waals surface area contributed by atoms with Crippen LogP contribution in [0.15, 0.2) is 35.7 Å². The number of rotatable bonds is 7. The van der Waals surface area contributed by atoms with Gasteiger partial charge in [-0.15, -0.1) is 11.3 Å². The molecule has 0 aliphatic carbocycles. The molecule has 6 heteroatoms. The number of anilines is 1. The first-order valence-electron chi connectivity index (χ1n) is 9.09. The molecule has 0 radical (unpaired) electrons. The molecule has 1 N–H and O–H groups in total. The molecule has 3 aromatic rings. The number of aromatic nitrogens is 2. The van der Waals surface area contributed by atoms with E-state index in [0.29, 0.717) is 11.5 Å². The normalized spacial score (nSPS) is 10.8. The van der Waals surface area contributed by atoms with Gasteiger partial charge >= 0.3 is 0 Å². The van der Waals surface area contributed by atoms with Crippen molar-refractivity contribution < 1.29 is 9.53 Å². The van der Waals surface area contributed by atoms with Gasteiger partial charge in [-0.25, -0.2) is 4.68 Å². The highest BCUT2D eigenvalue weighted by atomic mass is 32.1. The minimum absolute atomic E-state index is 0.116. The van der Waals surface area contributed by atoms with Gasteiger partial charge < -0.3 is 10.1 Å². The van der Waals surface area contributed by atoms with E-state index in [-0.39, 0.29) is 5.91 Å². The van der Waals surface area contributed by atoms with Crippen LogP contribution in [0.25, 0.3) is 0 Å². The van der Waals surface area contributed by atoms with Crippen LogP contribution in [0.1, 0.15) is 45.4 Å². The predicted molar refractivity (Wildman–Crippen MR) is 110 cm³/mol. The Balaban J connectivity index is 1.65. The van der Waals surface area contributed by atoms with Gasteiger partial charge in [-0.3, -0.25) is 4.79 Å². The number of hydrogen-bond donors (Lipinski definition) is 1. The number of carbonyl (C=O) groups excluding carboxylic acids is 1. The summed E-state index contributed by atoms with van der Waals surface area (Å²) in [7, 11) is 0. The SMILES string of the molecule is CCCn1nc(C)cc1NC(=O)c1cc(COc2cc(C)ccc2C)cs1. The zero-order valence-corrected chi connectivity index (χ0v) is 17.0. The van der Waals surface area contributed by atoms with Crippen LogP contribution in [0.4, 0.5) is 5.82 Å². The lowest BCUT2D eigenvalue weighted by atomic mass is 10.1. The highest BCUT2D eigenvalue weighted by Crippen LogP contribution is 2.23. The molecule has 0 aliphatic heterocycles. The van der Waals surface area contributed by atoms with Gasteiger partial charge in [-0.05, 0) is 55.8 Å². The Labute approximate surface area is 164 Å². The molecule has 142 valence electrons. The van der Waals surface area contributed by atoms with Crippen molar-refractivity contribution in [2.45, 2.75) is 47.3 Å². The average Bonchev–Trinajstić information content (AvgIpc) is 3.23. The number of aryl methyl sites for hydroxylation is 4. The maximum Gasteiger partial charge on any atom is 0.266 e. The van der Waals surface area contributed by atoms with Gasteiger partial charge in [0.05, 0.1) is 10.6 Å². The highest BCUT2D eigenvalue weighted by molar-refractivity contribution is 7.12. The third kappa shape index (κ3) is 4.77. The Morgan fingerprint density at radius 1 is 1.22 bits per heavy atom. The quantitative estimate of drug-likeness (QED) is 0.617. The third-order valence-electron chi connectivity index (χ3n) is 4.19. The lowest BCUT2D eigenvalue weighted by molar-refractivity contribution is 0.102. The van der Waals surface area contributed by atoms with Crippen LogP contribution in [-0.4, -0.2) is 15.7 Å². The summed E-state index contributed by atoms with van der Waals surface area (Å²) in [5.74, 6) is 1.50. The van der Waals surface area contributed by atoms with E-state index >= 15 is 0 Å². The molecule has 0 saturated carbocycles. The van der Waals surface area contributed by atoms with Crippen LogP contribution in [0.3, 0.4) is 0 Å². The molecule has 27 heavy (non-hydrogen) atoms. The van der Waals surface area contributed by atoms with Crippen LogP contribution in [0, 0.1) is 20.8 Å². The van der Waals surface area contributed by atoms with E-state index in [0.717, 1.165) is 41.4 Å². The van der Waals surface area contributed by atoms with Gasteiger partial charge in [0.25, 0.3) is 5.91 Å². The van der Waals surface area contributed by atoms with E-state index in [9.17, 15) is 4.79 Å². The van der Waals surface area contributed by atoms with E-state index in [1.54, 1.807) is 0 Å². The summed E-state index contributed by atoms with van der Waals surface area (Å²) in [6, 6.07) is 9.94. The average molecular weight is 384 g/mol. The van der Waals surface area contributed by atoms with Gasteiger partial charge in [0.2, 0.25) is 0 Å². The Morgan fingerprint density at radius 3 is 2.81 bits per heavy atom. The van der Waals surface area contributed by atoms with Crippen molar-refractivity contribution in [1.82, 2.24) is 9.78 Å². The van der Waals surface area contributed by atoms with Crippen molar-refractivity contribution in [2.75, 3.05) is 5.32 Å². The zero-order valence-electron chi connectivity index (χ0n) is 16.2. The van der Waals surface area contributed by atoms with Gasteiger partial charge in [0.1, 0.15) is 18.2 Å². The van der Waals surface area contributed by atoms with Gasteiger partial charge in [-0.2, -0.15) is 5.10 Å². The molecule has 0 atom stereocenters. The van der Waals surface area contributed by atoms with E-state index in [2.05, 4.69) is 29.5 Å². The van der Waals surface area contributed by atoms with E-state index in [4.69, 9.17) is 4.74 Å². The molecule has 1 amide bonds. The van der Waals surface area contributed by atoms with Crippen molar-refractivity contribution in [3.05, 3.63) is 63.0 Å². The fourth-order valence-corrected chi connectivity index (χ4v) is 3.59.